The summed E-state index contributed by atoms with van der Waals surface area (Å²) >= 11 is 0. The van der Waals surface area contributed by atoms with E-state index in [2.05, 4.69) is 17.0 Å². The highest BCUT2D eigenvalue weighted by Crippen LogP contribution is 2.25. The quantitative estimate of drug-likeness (QED) is 0.579. The molecule has 4 nitrogen and oxygen atoms in total. The highest BCUT2D eigenvalue weighted by atomic mass is 15.5. The topological polar surface area (TPSA) is 33.4 Å². The smallest absolute Gasteiger partial charge is 0.157 e. The number of aliphatic imine (C=N–C) groups is 1. The van der Waals surface area contributed by atoms with Crippen LogP contribution in [0.5, 0.6) is 0 Å². The fraction of sp³-hybridized carbons (Fsp3) is 0.500. The second-order valence-electron chi connectivity index (χ2n) is 3.14. The maximum absolute atomic E-state index is 4.29. The first-order valence-electron chi connectivity index (χ1n) is 4.00. The zero-order valence-electron chi connectivity index (χ0n) is 7.52. The summed E-state index contributed by atoms with van der Waals surface area (Å²) in [7, 11) is 1.99. The van der Waals surface area contributed by atoms with Crippen LogP contribution in [0.2, 0.25) is 0 Å². The van der Waals surface area contributed by atoms with E-state index in [-0.39, 0.29) is 6.17 Å². The van der Waals surface area contributed by atoms with Crippen molar-refractivity contribution in [1.82, 2.24) is 14.7 Å². The molecule has 0 N–H and O–H groups in total. The summed E-state index contributed by atoms with van der Waals surface area (Å²) in [6, 6.07) is 0. The summed E-state index contributed by atoms with van der Waals surface area (Å²) in [5.74, 6) is 0.973. The molecule has 0 aliphatic carbocycles. The Labute approximate surface area is 71.5 Å². The number of hydrogen-bond donors (Lipinski definition) is 0. The molecular weight excluding hydrogens is 152 g/mol. The van der Waals surface area contributed by atoms with Gasteiger partial charge in [0.05, 0.1) is 12.5 Å². The average Bonchev–Trinajstić information content (AvgIpc) is 2.41. The lowest BCUT2D eigenvalue weighted by Crippen LogP contribution is -2.29. The van der Waals surface area contributed by atoms with Gasteiger partial charge >= 0.3 is 0 Å². The number of aromatic nitrogens is 2. The Balaban J connectivity index is 2.53. The molecule has 1 atom stereocenters. The summed E-state index contributed by atoms with van der Waals surface area (Å²) in [5.41, 5.74) is 1.13. The number of fused-ring (bicyclic) bond motifs is 1. The lowest BCUT2D eigenvalue weighted by Gasteiger charge is -2.26. The molecular formula is C8H12N4. The van der Waals surface area contributed by atoms with Gasteiger partial charge < -0.3 is 4.90 Å². The van der Waals surface area contributed by atoms with Gasteiger partial charge in [0.2, 0.25) is 0 Å². The maximum Gasteiger partial charge on any atom is 0.157 e. The predicted octanol–water partition coefficient (Wildman–Crippen LogP) is 1.32. The van der Waals surface area contributed by atoms with Crippen molar-refractivity contribution in [3.8, 4) is 0 Å². The molecule has 1 unspecified atom stereocenters. The van der Waals surface area contributed by atoms with Crippen LogP contribution in [0.25, 0.3) is 0 Å². The van der Waals surface area contributed by atoms with Gasteiger partial charge in [0.25, 0.3) is 0 Å². The van der Waals surface area contributed by atoms with E-state index in [9.17, 15) is 0 Å². The van der Waals surface area contributed by atoms with E-state index in [1.165, 1.54) is 0 Å². The molecule has 1 aliphatic rings. The monoisotopic (exact) mass is 164 g/mol. The van der Waals surface area contributed by atoms with Crippen LogP contribution in [0.1, 0.15) is 18.7 Å². The Morgan fingerprint density at radius 3 is 3.00 bits per heavy atom. The van der Waals surface area contributed by atoms with E-state index in [0.717, 1.165) is 11.4 Å². The number of nitrogens with zero attached hydrogens (tertiary/aromatic N) is 4. The fourth-order valence-electron chi connectivity index (χ4n) is 1.29. The number of rotatable bonds is 0. The molecule has 0 bridgehead atoms. The third-order valence-electron chi connectivity index (χ3n) is 2.25. The van der Waals surface area contributed by atoms with Gasteiger partial charge in [-0.05, 0) is 13.8 Å². The van der Waals surface area contributed by atoms with Gasteiger partial charge in [0.1, 0.15) is 6.17 Å². The van der Waals surface area contributed by atoms with E-state index in [1.54, 1.807) is 0 Å². The van der Waals surface area contributed by atoms with Crippen LogP contribution in [0.15, 0.2) is 11.2 Å². The molecule has 2 rings (SSSR count). The number of aryl methyl sites for hydroxylation is 1. The minimum atomic E-state index is 0.270. The molecule has 1 aromatic heterocycles. The average molecular weight is 164 g/mol. The molecule has 1 aromatic rings. The van der Waals surface area contributed by atoms with Crippen molar-refractivity contribution in [3.05, 3.63) is 11.8 Å². The minimum absolute atomic E-state index is 0.270. The summed E-state index contributed by atoms with van der Waals surface area (Å²) < 4.78 is 1.93. The van der Waals surface area contributed by atoms with Crippen molar-refractivity contribution >= 4 is 12.2 Å². The Hall–Kier alpha value is -1.32. The first-order chi connectivity index (χ1) is 5.70. The second-order valence-corrected chi connectivity index (χ2v) is 3.14. The Kier molecular flexibility index (Phi) is 1.43. The van der Waals surface area contributed by atoms with Gasteiger partial charge in [-0.15, -0.1) is 0 Å². The zero-order valence-corrected chi connectivity index (χ0v) is 7.52. The molecule has 0 amide bonds. The van der Waals surface area contributed by atoms with Crippen molar-refractivity contribution in [2.45, 2.75) is 20.0 Å². The standard InChI is InChI=1S/C8H12N4/c1-6-4-10-12-7(2)11(3)5-9-8(6)12/h4-5,7H,1-3H3. The van der Waals surface area contributed by atoms with Gasteiger partial charge in [-0.25, -0.2) is 9.67 Å². The molecule has 64 valence electrons. The first kappa shape index (κ1) is 7.34. The molecule has 0 radical (unpaired) electrons. The second kappa shape index (κ2) is 2.33. The largest absolute Gasteiger partial charge is 0.344 e. The first-order valence-corrected chi connectivity index (χ1v) is 4.00. The fourth-order valence-corrected chi connectivity index (χ4v) is 1.29. The summed E-state index contributed by atoms with van der Waals surface area (Å²) in [5, 5.41) is 4.25. The highest BCUT2D eigenvalue weighted by molar-refractivity contribution is 5.63. The molecule has 1 aliphatic heterocycles. The zero-order chi connectivity index (χ0) is 8.72. The SMILES string of the molecule is Cc1cnn2c1N=CN(C)C2C. The molecule has 0 aromatic carbocycles. The van der Waals surface area contributed by atoms with Gasteiger partial charge in [0, 0.05) is 12.6 Å². The van der Waals surface area contributed by atoms with Crippen LogP contribution in [0, 0.1) is 6.92 Å². The van der Waals surface area contributed by atoms with Crippen molar-refractivity contribution in [2.75, 3.05) is 7.05 Å². The van der Waals surface area contributed by atoms with Crippen LogP contribution in [-0.2, 0) is 0 Å². The van der Waals surface area contributed by atoms with E-state index in [0.29, 0.717) is 0 Å². The van der Waals surface area contributed by atoms with Crippen molar-refractivity contribution in [1.29, 1.82) is 0 Å². The predicted molar refractivity (Wildman–Crippen MR) is 47.6 cm³/mol. The molecule has 4 heteroatoms. The molecule has 0 fully saturated rings. The van der Waals surface area contributed by atoms with Gasteiger partial charge in [-0.3, -0.25) is 0 Å². The summed E-state index contributed by atoms with van der Waals surface area (Å²) in [4.78, 5) is 6.31. The van der Waals surface area contributed by atoms with Crippen LogP contribution in [0.3, 0.4) is 0 Å². The van der Waals surface area contributed by atoms with Crippen LogP contribution < -0.4 is 0 Å². The van der Waals surface area contributed by atoms with Gasteiger partial charge in [0.15, 0.2) is 5.82 Å². The van der Waals surface area contributed by atoms with Crippen LogP contribution in [-0.4, -0.2) is 28.1 Å². The third-order valence-corrected chi connectivity index (χ3v) is 2.25. The summed E-state index contributed by atoms with van der Waals surface area (Å²) in [6.07, 6.45) is 3.96. The third kappa shape index (κ3) is 0.841. The molecule has 0 saturated carbocycles. The van der Waals surface area contributed by atoms with E-state index < -0.39 is 0 Å². The van der Waals surface area contributed by atoms with Crippen molar-refractivity contribution in [2.24, 2.45) is 4.99 Å². The molecule has 12 heavy (non-hydrogen) atoms. The normalized spacial score (nSPS) is 21.2. The minimum Gasteiger partial charge on any atom is -0.344 e. The number of hydrogen-bond acceptors (Lipinski definition) is 3. The maximum atomic E-state index is 4.29. The Morgan fingerprint density at radius 2 is 2.25 bits per heavy atom. The Morgan fingerprint density at radius 1 is 1.50 bits per heavy atom. The van der Waals surface area contributed by atoms with Gasteiger partial charge in [-0.1, -0.05) is 0 Å². The molecule has 0 spiro atoms. The summed E-state index contributed by atoms with van der Waals surface area (Å²) in [6.45, 7) is 4.12. The van der Waals surface area contributed by atoms with E-state index in [1.807, 2.05) is 36.1 Å². The lowest BCUT2D eigenvalue weighted by atomic mass is 10.3. The van der Waals surface area contributed by atoms with E-state index >= 15 is 0 Å². The molecule has 2 heterocycles. The Bertz CT molecular complexity index is 326. The molecule has 0 saturated heterocycles. The van der Waals surface area contributed by atoms with Crippen molar-refractivity contribution < 1.29 is 0 Å². The van der Waals surface area contributed by atoms with Crippen molar-refractivity contribution in [3.63, 3.8) is 0 Å². The van der Waals surface area contributed by atoms with E-state index in [4.69, 9.17) is 0 Å². The highest BCUT2D eigenvalue weighted by Gasteiger charge is 2.18. The lowest BCUT2D eigenvalue weighted by molar-refractivity contribution is 0.279. The van der Waals surface area contributed by atoms with Gasteiger partial charge in [-0.2, -0.15) is 5.10 Å². The van der Waals surface area contributed by atoms with Crippen LogP contribution in [0.4, 0.5) is 5.82 Å². The van der Waals surface area contributed by atoms with Crippen LogP contribution >= 0.6 is 0 Å².